The van der Waals surface area contributed by atoms with Crippen molar-refractivity contribution in [3.8, 4) is 11.3 Å². The number of carbonyl (C=O) groups is 2. The smallest absolute Gasteiger partial charge is 0.228 e. The van der Waals surface area contributed by atoms with Gasteiger partial charge >= 0.3 is 0 Å². The standard InChI is InChI=1S/C25H27N3O2/c1-3-16(2)25(30)28-22-15-18(12-13-26-22)24-19(14-17-8-5-4-6-9-17)23-20(27-24)10-7-11-21(23)29/h4-6,8-9,12-13,15-16,27H,3,7,10-11,14H2,1-2H3,(H,26,28,30)/t16-/m0/s1. The summed E-state index contributed by atoms with van der Waals surface area (Å²) in [6, 6.07) is 14.0. The number of Topliss-reactive ketones (excluding diaryl/α,β-unsaturated/α-hetero) is 1. The fourth-order valence-electron chi connectivity index (χ4n) is 3.98. The zero-order valence-electron chi connectivity index (χ0n) is 17.5. The predicted molar refractivity (Wildman–Crippen MR) is 119 cm³/mol. The Bertz CT molecular complexity index is 1070. The number of amides is 1. The number of carbonyl (C=O) groups excluding carboxylic acids is 2. The van der Waals surface area contributed by atoms with E-state index in [1.54, 1.807) is 6.20 Å². The van der Waals surface area contributed by atoms with Gasteiger partial charge in [-0.25, -0.2) is 4.98 Å². The molecule has 0 aliphatic heterocycles. The highest BCUT2D eigenvalue weighted by atomic mass is 16.2. The van der Waals surface area contributed by atoms with Gasteiger partial charge in [-0.2, -0.15) is 0 Å². The minimum absolute atomic E-state index is 0.0346. The third-order valence-corrected chi connectivity index (χ3v) is 5.87. The molecule has 0 radical (unpaired) electrons. The second-order valence-corrected chi connectivity index (χ2v) is 8.00. The quantitative estimate of drug-likeness (QED) is 0.598. The van der Waals surface area contributed by atoms with Gasteiger partial charge in [0.2, 0.25) is 5.91 Å². The summed E-state index contributed by atoms with van der Waals surface area (Å²) >= 11 is 0. The van der Waals surface area contributed by atoms with Gasteiger partial charge in [-0.1, -0.05) is 44.2 Å². The van der Waals surface area contributed by atoms with Gasteiger partial charge in [0.1, 0.15) is 5.82 Å². The molecule has 4 rings (SSSR count). The molecule has 3 aromatic rings. The fourth-order valence-corrected chi connectivity index (χ4v) is 3.98. The first-order valence-electron chi connectivity index (χ1n) is 10.6. The van der Waals surface area contributed by atoms with Gasteiger partial charge in [-0.3, -0.25) is 9.59 Å². The molecule has 5 nitrogen and oxygen atoms in total. The Hall–Kier alpha value is -3.21. The van der Waals surface area contributed by atoms with Gasteiger partial charge < -0.3 is 10.3 Å². The lowest BCUT2D eigenvalue weighted by Crippen LogP contribution is -2.20. The Kier molecular flexibility index (Phi) is 5.79. The van der Waals surface area contributed by atoms with E-state index in [9.17, 15) is 9.59 Å². The molecule has 1 aromatic carbocycles. The number of aromatic amines is 1. The predicted octanol–water partition coefficient (Wildman–Crippen LogP) is 5.17. The van der Waals surface area contributed by atoms with Crippen LogP contribution >= 0.6 is 0 Å². The molecule has 154 valence electrons. The molecule has 0 bridgehead atoms. The highest BCUT2D eigenvalue weighted by molar-refractivity contribution is 6.01. The number of nitrogens with zero attached hydrogens (tertiary/aromatic N) is 1. The van der Waals surface area contributed by atoms with Crippen molar-refractivity contribution in [1.82, 2.24) is 9.97 Å². The molecule has 0 saturated heterocycles. The minimum Gasteiger partial charge on any atom is -0.358 e. The van der Waals surface area contributed by atoms with E-state index in [0.29, 0.717) is 18.7 Å². The monoisotopic (exact) mass is 401 g/mol. The SMILES string of the molecule is CC[C@H](C)C(=O)Nc1cc(-c2[nH]c3c(c2Cc2ccccc2)C(=O)CCC3)ccn1. The number of pyridine rings is 1. The third-order valence-electron chi connectivity index (χ3n) is 5.87. The van der Waals surface area contributed by atoms with Crippen LogP contribution in [0, 0.1) is 5.92 Å². The van der Waals surface area contributed by atoms with Crippen LogP contribution in [0.25, 0.3) is 11.3 Å². The lowest BCUT2D eigenvalue weighted by molar-refractivity contribution is -0.119. The molecule has 2 N–H and O–H groups in total. The number of aromatic nitrogens is 2. The zero-order chi connectivity index (χ0) is 21.1. The van der Waals surface area contributed by atoms with E-state index in [0.717, 1.165) is 47.3 Å². The number of fused-ring (bicyclic) bond motifs is 1. The van der Waals surface area contributed by atoms with E-state index in [-0.39, 0.29) is 17.6 Å². The van der Waals surface area contributed by atoms with Crippen LogP contribution in [0.3, 0.4) is 0 Å². The number of anilines is 1. The summed E-state index contributed by atoms with van der Waals surface area (Å²) in [5, 5.41) is 2.91. The lowest BCUT2D eigenvalue weighted by Gasteiger charge is -2.12. The molecular weight excluding hydrogens is 374 g/mol. The van der Waals surface area contributed by atoms with Crippen LogP contribution in [0.1, 0.15) is 60.3 Å². The number of H-pyrrole nitrogens is 1. The molecule has 5 heteroatoms. The molecule has 1 aliphatic carbocycles. The molecule has 30 heavy (non-hydrogen) atoms. The molecule has 0 spiro atoms. The zero-order valence-corrected chi connectivity index (χ0v) is 17.5. The maximum Gasteiger partial charge on any atom is 0.228 e. The van der Waals surface area contributed by atoms with Crippen LogP contribution < -0.4 is 5.32 Å². The van der Waals surface area contributed by atoms with E-state index in [1.165, 1.54) is 5.56 Å². The maximum atomic E-state index is 12.8. The van der Waals surface area contributed by atoms with Gasteiger partial charge in [0.15, 0.2) is 5.78 Å². The Labute approximate surface area is 176 Å². The summed E-state index contributed by atoms with van der Waals surface area (Å²) in [4.78, 5) is 32.9. The summed E-state index contributed by atoms with van der Waals surface area (Å²) < 4.78 is 0. The van der Waals surface area contributed by atoms with Crippen LogP contribution in [0.5, 0.6) is 0 Å². The Morgan fingerprint density at radius 1 is 1.20 bits per heavy atom. The first-order valence-corrected chi connectivity index (χ1v) is 10.6. The largest absolute Gasteiger partial charge is 0.358 e. The van der Waals surface area contributed by atoms with Crippen LogP contribution in [0.2, 0.25) is 0 Å². The van der Waals surface area contributed by atoms with Crippen LogP contribution in [-0.2, 0) is 17.6 Å². The van der Waals surface area contributed by atoms with Crippen molar-refractivity contribution in [3.05, 3.63) is 71.0 Å². The maximum absolute atomic E-state index is 12.8. The number of rotatable bonds is 6. The van der Waals surface area contributed by atoms with Crippen molar-refractivity contribution in [3.63, 3.8) is 0 Å². The number of hydrogen-bond donors (Lipinski definition) is 2. The van der Waals surface area contributed by atoms with Gasteiger partial charge in [-0.15, -0.1) is 0 Å². The lowest BCUT2D eigenvalue weighted by atomic mass is 9.90. The van der Waals surface area contributed by atoms with E-state index in [2.05, 4.69) is 27.4 Å². The number of nitrogens with one attached hydrogen (secondary N) is 2. The Morgan fingerprint density at radius 2 is 2.00 bits per heavy atom. The third kappa shape index (κ3) is 4.06. The number of hydrogen-bond acceptors (Lipinski definition) is 3. The topological polar surface area (TPSA) is 74.8 Å². The molecule has 1 aliphatic rings. The average Bonchev–Trinajstić information content (AvgIpc) is 3.13. The molecule has 1 atom stereocenters. The van der Waals surface area contributed by atoms with Crippen molar-refractivity contribution >= 4 is 17.5 Å². The van der Waals surface area contributed by atoms with Crippen molar-refractivity contribution < 1.29 is 9.59 Å². The number of ketones is 1. The summed E-state index contributed by atoms with van der Waals surface area (Å²) in [5.41, 5.74) is 5.94. The summed E-state index contributed by atoms with van der Waals surface area (Å²) in [5.74, 6) is 0.638. The van der Waals surface area contributed by atoms with Gasteiger partial charge in [0.05, 0.1) is 5.69 Å². The van der Waals surface area contributed by atoms with Crippen LogP contribution in [-0.4, -0.2) is 21.7 Å². The molecule has 0 fully saturated rings. The molecule has 0 saturated carbocycles. The van der Waals surface area contributed by atoms with E-state index < -0.39 is 0 Å². The van der Waals surface area contributed by atoms with Crippen molar-refractivity contribution in [2.45, 2.75) is 46.0 Å². The molecule has 2 heterocycles. The summed E-state index contributed by atoms with van der Waals surface area (Å²) in [7, 11) is 0. The number of benzene rings is 1. The Morgan fingerprint density at radius 3 is 2.77 bits per heavy atom. The first kappa shape index (κ1) is 20.1. The molecule has 2 aromatic heterocycles. The molecular formula is C25H27N3O2. The number of aryl methyl sites for hydroxylation is 1. The molecule has 0 unspecified atom stereocenters. The Balaban J connectivity index is 1.74. The highest BCUT2D eigenvalue weighted by Crippen LogP contribution is 2.35. The summed E-state index contributed by atoms with van der Waals surface area (Å²) in [6.07, 6.45) is 5.52. The van der Waals surface area contributed by atoms with Gasteiger partial charge in [0.25, 0.3) is 0 Å². The summed E-state index contributed by atoms with van der Waals surface area (Å²) in [6.45, 7) is 3.90. The molecule has 1 amide bonds. The van der Waals surface area contributed by atoms with E-state index >= 15 is 0 Å². The second kappa shape index (κ2) is 8.66. The fraction of sp³-hybridized carbons (Fsp3) is 0.320. The van der Waals surface area contributed by atoms with Gasteiger partial charge in [0, 0.05) is 41.8 Å². The normalized spacial score (nSPS) is 14.3. The van der Waals surface area contributed by atoms with Crippen molar-refractivity contribution in [2.24, 2.45) is 5.92 Å². The van der Waals surface area contributed by atoms with E-state index in [4.69, 9.17) is 0 Å². The van der Waals surface area contributed by atoms with Crippen LogP contribution in [0.4, 0.5) is 5.82 Å². The average molecular weight is 402 g/mol. The van der Waals surface area contributed by atoms with E-state index in [1.807, 2.05) is 44.2 Å². The van der Waals surface area contributed by atoms with Crippen molar-refractivity contribution in [1.29, 1.82) is 0 Å². The van der Waals surface area contributed by atoms with Crippen LogP contribution in [0.15, 0.2) is 48.7 Å². The highest BCUT2D eigenvalue weighted by Gasteiger charge is 2.26. The second-order valence-electron chi connectivity index (χ2n) is 8.00. The van der Waals surface area contributed by atoms with Gasteiger partial charge in [-0.05, 0) is 42.5 Å². The minimum atomic E-state index is -0.0699. The first-order chi connectivity index (χ1) is 14.6. The van der Waals surface area contributed by atoms with Crippen molar-refractivity contribution in [2.75, 3.05) is 5.32 Å².